The highest BCUT2D eigenvalue weighted by molar-refractivity contribution is 9.10. The third-order valence-corrected chi connectivity index (χ3v) is 3.73. The third-order valence-electron chi connectivity index (χ3n) is 2.90. The van der Waals surface area contributed by atoms with E-state index in [4.69, 9.17) is 5.73 Å². The molecule has 0 aromatic heterocycles. The lowest BCUT2D eigenvalue weighted by Crippen LogP contribution is -2.21. The molecule has 1 rings (SSSR count). The molecule has 3 heteroatoms. The molecule has 0 aliphatic rings. The fraction of sp³-hybridized carbons (Fsp3) is 0.500. The van der Waals surface area contributed by atoms with Crippen LogP contribution in [0, 0.1) is 11.7 Å². The molecule has 0 amide bonds. The van der Waals surface area contributed by atoms with Gasteiger partial charge in [-0.15, -0.1) is 0 Å². The zero-order valence-electron chi connectivity index (χ0n) is 9.13. The van der Waals surface area contributed by atoms with Gasteiger partial charge in [0.15, 0.2) is 0 Å². The molecule has 84 valence electrons. The first-order valence-corrected chi connectivity index (χ1v) is 6.10. The van der Waals surface area contributed by atoms with Gasteiger partial charge in [-0.2, -0.15) is 0 Å². The second-order valence-electron chi connectivity index (χ2n) is 3.75. The second kappa shape index (κ2) is 5.61. The second-order valence-corrected chi connectivity index (χ2v) is 4.54. The Morgan fingerprint density at radius 3 is 2.47 bits per heavy atom. The predicted molar refractivity (Wildman–Crippen MR) is 65.1 cm³/mol. The van der Waals surface area contributed by atoms with E-state index in [0.29, 0.717) is 10.4 Å². The van der Waals surface area contributed by atoms with Crippen molar-refractivity contribution in [1.29, 1.82) is 0 Å². The van der Waals surface area contributed by atoms with Gasteiger partial charge in [-0.05, 0) is 33.5 Å². The number of halogens is 2. The van der Waals surface area contributed by atoms with Gasteiger partial charge < -0.3 is 5.73 Å². The molecule has 2 N–H and O–H groups in total. The van der Waals surface area contributed by atoms with Crippen molar-refractivity contribution in [3.05, 3.63) is 34.1 Å². The van der Waals surface area contributed by atoms with Crippen molar-refractivity contribution >= 4 is 15.9 Å². The van der Waals surface area contributed by atoms with Crippen LogP contribution < -0.4 is 5.73 Å². The predicted octanol–water partition coefficient (Wildman–Crippen LogP) is 4.02. The maximum atomic E-state index is 13.3. The van der Waals surface area contributed by atoms with Gasteiger partial charge in [0.1, 0.15) is 5.82 Å². The van der Waals surface area contributed by atoms with Crippen LogP contribution in [0.4, 0.5) is 4.39 Å². The third kappa shape index (κ3) is 2.79. The van der Waals surface area contributed by atoms with Crippen LogP contribution in [-0.4, -0.2) is 0 Å². The molecule has 15 heavy (non-hydrogen) atoms. The van der Waals surface area contributed by atoms with Crippen molar-refractivity contribution in [2.45, 2.75) is 32.7 Å². The van der Waals surface area contributed by atoms with Gasteiger partial charge in [0.2, 0.25) is 0 Å². The van der Waals surface area contributed by atoms with E-state index in [-0.39, 0.29) is 11.9 Å². The molecular formula is C12H17BrFN. The van der Waals surface area contributed by atoms with Gasteiger partial charge in [0.05, 0.1) is 4.47 Å². The summed E-state index contributed by atoms with van der Waals surface area (Å²) in [5.74, 6) is 0.164. The van der Waals surface area contributed by atoms with E-state index in [1.807, 2.05) is 6.07 Å². The zero-order valence-corrected chi connectivity index (χ0v) is 10.7. The highest BCUT2D eigenvalue weighted by Crippen LogP contribution is 2.31. The normalized spacial score (nSPS) is 13.2. The first-order chi connectivity index (χ1) is 7.11. The van der Waals surface area contributed by atoms with Gasteiger partial charge in [-0.3, -0.25) is 0 Å². The topological polar surface area (TPSA) is 26.0 Å². The molecule has 0 spiro atoms. The maximum absolute atomic E-state index is 13.3. The summed E-state index contributed by atoms with van der Waals surface area (Å²) in [4.78, 5) is 0. The molecule has 0 aliphatic heterocycles. The largest absolute Gasteiger partial charge is 0.324 e. The Hall–Kier alpha value is -0.410. The summed E-state index contributed by atoms with van der Waals surface area (Å²) in [6, 6.07) is 4.94. The van der Waals surface area contributed by atoms with Crippen molar-refractivity contribution < 1.29 is 4.39 Å². The first kappa shape index (κ1) is 12.7. The van der Waals surface area contributed by atoms with Crippen LogP contribution >= 0.6 is 15.9 Å². The Morgan fingerprint density at radius 1 is 1.33 bits per heavy atom. The Balaban J connectivity index is 2.99. The summed E-state index contributed by atoms with van der Waals surface area (Å²) < 4.78 is 13.8. The molecule has 1 aromatic carbocycles. The van der Waals surface area contributed by atoms with Crippen LogP contribution in [0.1, 0.15) is 38.3 Å². The molecule has 0 bridgehead atoms. The van der Waals surface area contributed by atoms with Gasteiger partial charge in [0, 0.05) is 6.04 Å². The molecule has 1 nitrogen and oxygen atoms in total. The summed E-state index contributed by atoms with van der Waals surface area (Å²) in [5.41, 5.74) is 7.00. The minimum atomic E-state index is -0.242. The Labute approximate surface area is 99.0 Å². The van der Waals surface area contributed by atoms with Gasteiger partial charge in [0.25, 0.3) is 0 Å². The summed E-state index contributed by atoms with van der Waals surface area (Å²) in [7, 11) is 0. The lowest BCUT2D eigenvalue weighted by Gasteiger charge is -2.22. The van der Waals surface area contributed by atoms with Gasteiger partial charge in [-0.1, -0.05) is 38.8 Å². The van der Waals surface area contributed by atoms with Gasteiger partial charge >= 0.3 is 0 Å². The average molecular weight is 274 g/mol. The number of nitrogens with two attached hydrogens (primary N) is 1. The molecule has 1 aromatic rings. The van der Waals surface area contributed by atoms with Crippen LogP contribution in [0.25, 0.3) is 0 Å². The highest BCUT2D eigenvalue weighted by atomic mass is 79.9. The van der Waals surface area contributed by atoms with E-state index in [1.54, 1.807) is 6.07 Å². The van der Waals surface area contributed by atoms with E-state index in [0.717, 1.165) is 18.4 Å². The van der Waals surface area contributed by atoms with Crippen molar-refractivity contribution in [3.8, 4) is 0 Å². The first-order valence-electron chi connectivity index (χ1n) is 5.31. The standard InChI is InChI=1S/C12H17BrFN/c1-3-8(4-2)12(15)9-6-5-7-10(14)11(9)13/h5-8,12H,3-4,15H2,1-2H3. The average Bonchev–Trinajstić information content (AvgIpc) is 2.23. The van der Waals surface area contributed by atoms with E-state index in [2.05, 4.69) is 29.8 Å². The highest BCUT2D eigenvalue weighted by Gasteiger charge is 2.19. The Kier molecular flexibility index (Phi) is 4.74. The number of hydrogen-bond acceptors (Lipinski definition) is 1. The lowest BCUT2D eigenvalue weighted by atomic mass is 9.89. The molecule has 0 fully saturated rings. The van der Waals surface area contributed by atoms with Crippen molar-refractivity contribution in [2.75, 3.05) is 0 Å². The Bertz CT molecular complexity index is 323. The van der Waals surface area contributed by atoms with E-state index in [9.17, 15) is 4.39 Å². The summed E-state index contributed by atoms with van der Waals surface area (Å²) in [6.07, 6.45) is 2.03. The maximum Gasteiger partial charge on any atom is 0.137 e. The van der Waals surface area contributed by atoms with Crippen LogP contribution in [0.3, 0.4) is 0 Å². The van der Waals surface area contributed by atoms with Crippen LogP contribution in [-0.2, 0) is 0 Å². The zero-order chi connectivity index (χ0) is 11.4. The fourth-order valence-corrected chi connectivity index (χ4v) is 2.36. The molecule has 0 radical (unpaired) electrons. The van der Waals surface area contributed by atoms with Crippen molar-refractivity contribution in [1.82, 2.24) is 0 Å². The summed E-state index contributed by atoms with van der Waals surface area (Å²) in [6.45, 7) is 4.22. The minimum absolute atomic E-state index is 0.0925. The number of hydrogen-bond donors (Lipinski definition) is 1. The molecular weight excluding hydrogens is 257 g/mol. The number of rotatable bonds is 4. The van der Waals surface area contributed by atoms with Crippen molar-refractivity contribution in [3.63, 3.8) is 0 Å². The van der Waals surface area contributed by atoms with Gasteiger partial charge in [-0.25, -0.2) is 4.39 Å². The Morgan fingerprint density at radius 2 is 1.93 bits per heavy atom. The molecule has 0 saturated carbocycles. The van der Waals surface area contributed by atoms with E-state index >= 15 is 0 Å². The smallest absolute Gasteiger partial charge is 0.137 e. The molecule has 1 atom stereocenters. The lowest BCUT2D eigenvalue weighted by molar-refractivity contribution is 0.403. The SMILES string of the molecule is CCC(CC)C(N)c1cccc(F)c1Br. The quantitative estimate of drug-likeness (QED) is 0.881. The molecule has 0 aliphatic carbocycles. The summed E-state index contributed by atoms with van der Waals surface area (Å²) >= 11 is 3.25. The molecule has 1 unspecified atom stereocenters. The van der Waals surface area contributed by atoms with Crippen LogP contribution in [0.2, 0.25) is 0 Å². The summed E-state index contributed by atoms with van der Waals surface area (Å²) in [5, 5.41) is 0. The monoisotopic (exact) mass is 273 g/mol. The van der Waals surface area contributed by atoms with Crippen LogP contribution in [0.5, 0.6) is 0 Å². The van der Waals surface area contributed by atoms with E-state index in [1.165, 1.54) is 6.07 Å². The van der Waals surface area contributed by atoms with E-state index < -0.39 is 0 Å². The molecule has 0 saturated heterocycles. The van der Waals surface area contributed by atoms with Crippen molar-refractivity contribution in [2.24, 2.45) is 11.7 Å². The van der Waals surface area contributed by atoms with Crippen LogP contribution in [0.15, 0.2) is 22.7 Å². The molecule has 0 heterocycles. The fourth-order valence-electron chi connectivity index (χ4n) is 1.83. The number of benzene rings is 1. The minimum Gasteiger partial charge on any atom is -0.324 e.